The van der Waals surface area contributed by atoms with Crippen LogP contribution in [0.1, 0.15) is 26.6 Å². The minimum absolute atomic E-state index is 0.336. The molecule has 112 valence electrons. The third-order valence-electron chi connectivity index (χ3n) is 2.62. The maximum atomic E-state index is 12.0. The van der Waals surface area contributed by atoms with Crippen LogP contribution in [0.15, 0.2) is 6.33 Å². The number of hydrogen-bond acceptors (Lipinski definition) is 4. The zero-order valence-corrected chi connectivity index (χ0v) is 12.3. The normalized spacial score (nSPS) is 11.2. The fourth-order valence-corrected chi connectivity index (χ4v) is 1.62. The van der Waals surface area contributed by atoms with Gasteiger partial charge in [0, 0.05) is 25.6 Å². The molecule has 1 aromatic rings. The van der Waals surface area contributed by atoms with Crippen molar-refractivity contribution < 1.29 is 14.7 Å². The van der Waals surface area contributed by atoms with Crippen LogP contribution in [0.3, 0.4) is 0 Å². The second-order valence-corrected chi connectivity index (χ2v) is 5.47. The summed E-state index contributed by atoms with van der Waals surface area (Å²) < 4.78 is 1.59. The Kier molecular flexibility index (Phi) is 5.06. The number of aromatic nitrogens is 3. The van der Waals surface area contributed by atoms with E-state index < -0.39 is 17.5 Å². The van der Waals surface area contributed by atoms with Crippen LogP contribution >= 0.6 is 0 Å². The lowest BCUT2D eigenvalue weighted by Gasteiger charge is -2.34. The third-order valence-corrected chi connectivity index (χ3v) is 2.62. The highest BCUT2D eigenvalue weighted by atomic mass is 16.4. The van der Waals surface area contributed by atoms with E-state index in [1.807, 2.05) is 0 Å². The van der Waals surface area contributed by atoms with Gasteiger partial charge in [0.1, 0.15) is 12.9 Å². The molecule has 0 fully saturated rings. The summed E-state index contributed by atoms with van der Waals surface area (Å²) in [4.78, 5) is 28.2. The number of urea groups is 1. The lowest BCUT2D eigenvalue weighted by atomic mass is 10.1. The molecule has 0 atom stereocenters. The van der Waals surface area contributed by atoms with E-state index in [0.29, 0.717) is 18.8 Å². The zero-order chi connectivity index (χ0) is 15.3. The van der Waals surface area contributed by atoms with E-state index in [4.69, 9.17) is 5.11 Å². The largest absolute Gasteiger partial charge is 0.480 e. The molecule has 0 spiro atoms. The summed E-state index contributed by atoms with van der Waals surface area (Å²) in [5, 5.41) is 15.6. The number of carboxylic acids is 1. The molecule has 8 heteroatoms. The average Bonchev–Trinajstić information content (AvgIpc) is 2.70. The molecule has 20 heavy (non-hydrogen) atoms. The predicted octanol–water partition coefficient (Wildman–Crippen LogP) is 0.252. The first-order chi connectivity index (χ1) is 9.20. The molecule has 0 bridgehead atoms. The first-order valence-corrected chi connectivity index (χ1v) is 6.32. The summed E-state index contributed by atoms with van der Waals surface area (Å²) in [6.07, 6.45) is 2.08. The van der Waals surface area contributed by atoms with Gasteiger partial charge in [-0.1, -0.05) is 0 Å². The summed E-state index contributed by atoms with van der Waals surface area (Å²) in [6.45, 7) is 5.38. The smallest absolute Gasteiger partial charge is 0.323 e. The maximum absolute atomic E-state index is 12.0. The molecular weight excluding hydrogens is 262 g/mol. The van der Waals surface area contributed by atoms with Gasteiger partial charge < -0.3 is 15.3 Å². The molecule has 0 radical (unpaired) electrons. The first kappa shape index (κ1) is 15.9. The van der Waals surface area contributed by atoms with Gasteiger partial charge in [-0.05, 0) is 20.8 Å². The number of hydrogen-bond donors (Lipinski definition) is 2. The summed E-state index contributed by atoms with van der Waals surface area (Å²) >= 11 is 0. The summed E-state index contributed by atoms with van der Waals surface area (Å²) in [5.41, 5.74) is -0.564. The van der Waals surface area contributed by atoms with E-state index in [2.05, 4.69) is 15.4 Å². The highest BCUT2D eigenvalue weighted by molar-refractivity contribution is 5.80. The highest BCUT2D eigenvalue weighted by Gasteiger charge is 2.28. The lowest BCUT2D eigenvalue weighted by Crippen LogP contribution is -2.52. The van der Waals surface area contributed by atoms with Crippen molar-refractivity contribution in [3.05, 3.63) is 12.2 Å². The van der Waals surface area contributed by atoms with Crippen LogP contribution in [0.4, 0.5) is 4.79 Å². The van der Waals surface area contributed by atoms with Gasteiger partial charge in [-0.15, -0.1) is 0 Å². The number of amides is 2. The zero-order valence-electron chi connectivity index (χ0n) is 12.3. The van der Waals surface area contributed by atoms with Crippen molar-refractivity contribution in [2.45, 2.75) is 32.7 Å². The Labute approximate surface area is 117 Å². The van der Waals surface area contributed by atoms with E-state index in [0.717, 1.165) is 0 Å². The number of nitrogens with zero attached hydrogens (tertiary/aromatic N) is 4. The van der Waals surface area contributed by atoms with Crippen LogP contribution in [-0.4, -0.2) is 55.4 Å². The Morgan fingerprint density at radius 1 is 1.45 bits per heavy atom. The van der Waals surface area contributed by atoms with Crippen LogP contribution in [0, 0.1) is 0 Å². The topological polar surface area (TPSA) is 100 Å². The molecular formula is C12H21N5O3. The SMILES string of the molecule is Cn1cnc(CCNC(=O)N(CC(=O)O)C(C)(C)C)n1. The molecule has 1 aromatic heterocycles. The Bertz CT molecular complexity index is 478. The molecule has 0 aliphatic rings. The number of rotatable bonds is 5. The van der Waals surface area contributed by atoms with Crippen molar-refractivity contribution in [2.75, 3.05) is 13.1 Å². The van der Waals surface area contributed by atoms with Gasteiger partial charge in [-0.3, -0.25) is 9.48 Å². The molecule has 0 aliphatic heterocycles. The van der Waals surface area contributed by atoms with Gasteiger partial charge in [0.2, 0.25) is 0 Å². The summed E-state index contributed by atoms with van der Waals surface area (Å²) in [5.74, 6) is -0.408. The molecule has 8 nitrogen and oxygen atoms in total. The number of aryl methyl sites for hydroxylation is 1. The van der Waals surface area contributed by atoms with E-state index in [9.17, 15) is 9.59 Å². The Balaban J connectivity index is 2.52. The minimum atomic E-state index is -1.04. The molecule has 0 saturated carbocycles. The van der Waals surface area contributed by atoms with E-state index >= 15 is 0 Å². The Morgan fingerprint density at radius 3 is 2.55 bits per heavy atom. The molecule has 1 heterocycles. The fraction of sp³-hybridized carbons (Fsp3) is 0.667. The second kappa shape index (κ2) is 6.36. The van der Waals surface area contributed by atoms with Crippen LogP contribution in [0.25, 0.3) is 0 Å². The average molecular weight is 283 g/mol. The van der Waals surface area contributed by atoms with Crippen molar-refractivity contribution in [3.8, 4) is 0 Å². The minimum Gasteiger partial charge on any atom is -0.480 e. The summed E-state index contributed by atoms with van der Waals surface area (Å²) in [7, 11) is 1.77. The fourth-order valence-electron chi connectivity index (χ4n) is 1.62. The van der Waals surface area contributed by atoms with Crippen LogP contribution < -0.4 is 5.32 Å². The monoisotopic (exact) mass is 283 g/mol. The van der Waals surface area contributed by atoms with E-state index in [1.54, 1.807) is 38.8 Å². The molecule has 0 saturated heterocycles. The molecule has 2 N–H and O–H groups in total. The number of carboxylic acid groups (broad SMARTS) is 1. The molecule has 0 unspecified atom stereocenters. The van der Waals surface area contributed by atoms with E-state index in [1.165, 1.54) is 4.90 Å². The maximum Gasteiger partial charge on any atom is 0.323 e. The number of carbonyl (C=O) groups is 2. The number of aliphatic carboxylic acids is 1. The standard InChI is InChI=1S/C12H21N5O3/c1-12(2,3)17(7-10(18)19)11(20)13-6-5-9-14-8-16(4)15-9/h8H,5-7H2,1-4H3,(H,13,20)(H,18,19). The van der Waals surface area contributed by atoms with Gasteiger partial charge >= 0.3 is 12.0 Å². The van der Waals surface area contributed by atoms with Gasteiger partial charge in [-0.25, -0.2) is 9.78 Å². The Morgan fingerprint density at radius 2 is 2.10 bits per heavy atom. The quantitative estimate of drug-likeness (QED) is 0.807. The van der Waals surface area contributed by atoms with E-state index in [-0.39, 0.29) is 6.54 Å². The third kappa shape index (κ3) is 4.87. The Hall–Kier alpha value is -2.12. The molecule has 0 aromatic carbocycles. The van der Waals surface area contributed by atoms with Crippen molar-refractivity contribution >= 4 is 12.0 Å². The lowest BCUT2D eigenvalue weighted by molar-refractivity contribution is -0.138. The van der Waals surface area contributed by atoms with Crippen LogP contribution in [-0.2, 0) is 18.3 Å². The molecule has 1 rings (SSSR count). The van der Waals surface area contributed by atoms with Crippen LogP contribution in [0.2, 0.25) is 0 Å². The van der Waals surface area contributed by atoms with Crippen molar-refractivity contribution in [1.82, 2.24) is 25.0 Å². The highest BCUT2D eigenvalue weighted by Crippen LogP contribution is 2.12. The predicted molar refractivity (Wildman–Crippen MR) is 72.2 cm³/mol. The number of nitrogens with one attached hydrogen (secondary N) is 1. The number of carbonyl (C=O) groups excluding carboxylic acids is 1. The van der Waals surface area contributed by atoms with Crippen LogP contribution in [0.5, 0.6) is 0 Å². The second-order valence-electron chi connectivity index (χ2n) is 5.47. The van der Waals surface area contributed by atoms with Crippen molar-refractivity contribution in [3.63, 3.8) is 0 Å². The van der Waals surface area contributed by atoms with Gasteiger partial charge in [0.05, 0.1) is 0 Å². The first-order valence-electron chi connectivity index (χ1n) is 6.32. The van der Waals surface area contributed by atoms with Gasteiger partial charge in [0.15, 0.2) is 5.82 Å². The molecule has 2 amide bonds. The van der Waals surface area contributed by atoms with Gasteiger partial charge in [-0.2, -0.15) is 5.10 Å². The van der Waals surface area contributed by atoms with Crippen molar-refractivity contribution in [2.24, 2.45) is 7.05 Å². The van der Waals surface area contributed by atoms with Crippen molar-refractivity contribution in [1.29, 1.82) is 0 Å². The van der Waals surface area contributed by atoms with Gasteiger partial charge in [0.25, 0.3) is 0 Å². The molecule has 0 aliphatic carbocycles. The summed E-state index contributed by atoms with van der Waals surface area (Å²) in [6, 6.07) is -0.407.